The van der Waals surface area contributed by atoms with Gasteiger partial charge in [0.1, 0.15) is 6.29 Å². The lowest BCUT2D eigenvalue weighted by atomic mass is 10.0. The van der Waals surface area contributed by atoms with Gasteiger partial charge in [0.25, 0.3) is 0 Å². The summed E-state index contributed by atoms with van der Waals surface area (Å²) in [4.78, 5) is 9.92. The van der Waals surface area contributed by atoms with Crippen LogP contribution in [0.4, 0.5) is 0 Å². The minimum Gasteiger partial charge on any atom is -0.303 e. The number of carbonyl (C=O) groups excluding carboxylic acids is 1. The average Bonchev–Trinajstić information content (AvgIpc) is 1.98. The molecule has 0 aliphatic rings. The Morgan fingerprint density at radius 2 is 2.10 bits per heavy atom. The molecule has 0 aliphatic heterocycles. The molecule has 0 aromatic carbocycles. The lowest BCUT2D eigenvalue weighted by molar-refractivity contribution is -0.107. The highest BCUT2D eigenvalue weighted by Crippen LogP contribution is 2.11. The van der Waals surface area contributed by atoms with Crippen molar-refractivity contribution in [1.82, 2.24) is 0 Å². The zero-order valence-electron chi connectivity index (χ0n) is 7.10. The van der Waals surface area contributed by atoms with Gasteiger partial charge in [0.15, 0.2) is 0 Å². The van der Waals surface area contributed by atoms with Crippen LogP contribution in [0.25, 0.3) is 0 Å². The van der Waals surface area contributed by atoms with Gasteiger partial charge in [-0.3, -0.25) is 0 Å². The van der Waals surface area contributed by atoms with E-state index >= 15 is 0 Å². The van der Waals surface area contributed by atoms with Gasteiger partial charge in [-0.15, -0.1) is 0 Å². The molecule has 0 N–H and O–H groups in total. The quantitative estimate of drug-likeness (QED) is 0.411. The average molecular weight is 142 g/mol. The second-order valence-corrected chi connectivity index (χ2v) is 2.96. The van der Waals surface area contributed by atoms with E-state index < -0.39 is 0 Å². The largest absolute Gasteiger partial charge is 0.303 e. The van der Waals surface area contributed by atoms with Crippen molar-refractivity contribution in [3.8, 4) is 0 Å². The molecule has 1 nitrogen and oxygen atoms in total. The molecule has 1 heteroatoms. The Balaban J connectivity index is 2.95. The fourth-order valence-electron chi connectivity index (χ4n) is 0.925. The molecule has 10 heavy (non-hydrogen) atoms. The van der Waals surface area contributed by atoms with Crippen molar-refractivity contribution in [1.29, 1.82) is 0 Å². The van der Waals surface area contributed by atoms with Crippen LogP contribution in [0.3, 0.4) is 0 Å². The van der Waals surface area contributed by atoms with Crippen LogP contribution < -0.4 is 0 Å². The number of hydrogen-bond acceptors (Lipinski definition) is 1. The Morgan fingerprint density at radius 1 is 1.40 bits per heavy atom. The number of aldehydes is 1. The van der Waals surface area contributed by atoms with E-state index in [9.17, 15) is 4.79 Å². The van der Waals surface area contributed by atoms with Gasteiger partial charge in [0.05, 0.1) is 0 Å². The van der Waals surface area contributed by atoms with Crippen molar-refractivity contribution in [3.05, 3.63) is 0 Å². The van der Waals surface area contributed by atoms with Crippen LogP contribution >= 0.6 is 0 Å². The van der Waals surface area contributed by atoms with Gasteiger partial charge in [-0.2, -0.15) is 0 Å². The molecule has 0 spiro atoms. The molecule has 0 aromatic rings. The summed E-state index contributed by atoms with van der Waals surface area (Å²) >= 11 is 0. The van der Waals surface area contributed by atoms with E-state index in [1.54, 1.807) is 0 Å². The molecule has 0 aromatic heterocycles. The highest BCUT2D eigenvalue weighted by Gasteiger charge is 1.96. The highest BCUT2D eigenvalue weighted by molar-refractivity contribution is 5.48. The van der Waals surface area contributed by atoms with Crippen LogP contribution in [-0.2, 0) is 4.79 Å². The van der Waals surface area contributed by atoms with Gasteiger partial charge in [-0.05, 0) is 12.3 Å². The molecule has 0 saturated carbocycles. The number of rotatable bonds is 6. The molecule has 0 aliphatic carbocycles. The monoisotopic (exact) mass is 142 g/mol. The second-order valence-electron chi connectivity index (χ2n) is 2.96. The summed E-state index contributed by atoms with van der Waals surface area (Å²) in [5.74, 6) is 0.839. The van der Waals surface area contributed by atoms with E-state index in [1.165, 1.54) is 19.3 Å². The Morgan fingerprint density at radius 3 is 2.60 bits per heavy atom. The van der Waals surface area contributed by atoms with Crippen molar-refractivity contribution in [2.45, 2.75) is 46.0 Å². The van der Waals surface area contributed by atoms with Gasteiger partial charge in [-0.1, -0.05) is 33.1 Å². The standard InChI is InChI=1S/C9H18O/c1-3-9(2)7-5-4-6-8-10/h8-9H,3-7H2,1-2H3. The summed E-state index contributed by atoms with van der Waals surface area (Å²) in [5.41, 5.74) is 0. The third kappa shape index (κ3) is 5.80. The van der Waals surface area contributed by atoms with Gasteiger partial charge in [0.2, 0.25) is 0 Å². The number of carbonyl (C=O) groups is 1. The molecule has 1 atom stereocenters. The minimum absolute atomic E-state index is 0.746. The molecule has 1 unspecified atom stereocenters. The van der Waals surface area contributed by atoms with Crippen molar-refractivity contribution in [2.75, 3.05) is 0 Å². The first-order chi connectivity index (χ1) is 4.81. The van der Waals surface area contributed by atoms with Crippen molar-refractivity contribution >= 4 is 6.29 Å². The maximum Gasteiger partial charge on any atom is 0.119 e. The zero-order chi connectivity index (χ0) is 7.82. The van der Waals surface area contributed by atoms with E-state index in [-0.39, 0.29) is 0 Å². The number of hydrogen-bond donors (Lipinski definition) is 0. The molecule has 0 rings (SSSR count). The summed E-state index contributed by atoms with van der Waals surface area (Å²) in [7, 11) is 0. The molecular weight excluding hydrogens is 124 g/mol. The van der Waals surface area contributed by atoms with E-state index in [0.717, 1.165) is 25.0 Å². The van der Waals surface area contributed by atoms with E-state index in [1.807, 2.05) is 0 Å². The lowest BCUT2D eigenvalue weighted by Crippen LogP contribution is -1.91. The molecular formula is C9H18O. The van der Waals surface area contributed by atoms with Gasteiger partial charge >= 0.3 is 0 Å². The fraction of sp³-hybridized carbons (Fsp3) is 0.889. The third-order valence-electron chi connectivity index (χ3n) is 1.97. The number of unbranched alkanes of at least 4 members (excludes halogenated alkanes) is 2. The first-order valence-electron chi connectivity index (χ1n) is 4.24. The Kier molecular flexibility index (Phi) is 6.56. The maximum atomic E-state index is 9.92. The summed E-state index contributed by atoms with van der Waals surface area (Å²) < 4.78 is 0. The molecule has 0 fully saturated rings. The summed E-state index contributed by atoms with van der Waals surface area (Å²) in [6, 6.07) is 0. The second kappa shape index (κ2) is 6.79. The fourth-order valence-corrected chi connectivity index (χ4v) is 0.925. The molecule has 60 valence electrons. The summed E-state index contributed by atoms with van der Waals surface area (Å²) in [5, 5.41) is 0. The molecule has 0 amide bonds. The van der Waals surface area contributed by atoms with Crippen LogP contribution in [-0.4, -0.2) is 6.29 Å². The van der Waals surface area contributed by atoms with Gasteiger partial charge in [0, 0.05) is 6.42 Å². The lowest BCUT2D eigenvalue weighted by Gasteiger charge is -2.05. The zero-order valence-corrected chi connectivity index (χ0v) is 7.10. The minimum atomic E-state index is 0.746. The molecule has 0 saturated heterocycles. The summed E-state index contributed by atoms with van der Waals surface area (Å²) in [6.07, 6.45) is 6.60. The first-order valence-corrected chi connectivity index (χ1v) is 4.24. The predicted molar refractivity (Wildman–Crippen MR) is 44.0 cm³/mol. The molecule has 0 heterocycles. The SMILES string of the molecule is CCC(C)CCCCC=O. The molecule has 0 radical (unpaired) electrons. The Labute approximate surface area is 63.8 Å². The van der Waals surface area contributed by atoms with Crippen molar-refractivity contribution < 1.29 is 4.79 Å². The first kappa shape index (κ1) is 9.67. The Bertz CT molecular complexity index is 78.8. The normalized spacial score (nSPS) is 13.0. The van der Waals surface area contributed by atoms with E-state index in [0.29, 0.717) is 0 Å². The highest BCUT2D eigenvalue weighted by atomic mass is 16.1. The smallest absolute Gasteiger partial charge is 0.119 e. The van der Waals surface area contributed by atoms with Gasteiger partial charge in [-0.25, -0.2) is 0 Å². The van der Waals surface area contributed by atoms with Crippen molar-refractivity contribution in [2.24, 2.45) is 5.92 Å². The van der Waals surface area contributed by atoms with Crippen LogP contribution in [0.2, 0.25) is 0 Å². The van der Waals surface area contributed by atoms with Crippen molar-refractivity contribution in [3.63, 3.8) is 0 Å². The summed E-state index contributed by atoms with van der Waals surface area (Å²) in [6.45, 7) is 4.48. The maximum absolute atomic E-state index is 9.92. The van der Waals surface area contributed by atoms with Crippen LogP contribution in [0.5, 0.6) is 0 Å². The van der Waals surface area contributed by atoms with Crippen LogP contribution in [0.15, 0.2) is 0 Å². The topological polar surface area (TPSA) is 17.1 Å². The molecule has 0 bridgehead atoms. The van der Waals surface area contributed by atoms with Crippen LogP contribution in [0, 0.1) is 5.92 Å². The predicted octanol–water partition coefficient (Wildman–Crippen LogP) is 2.79. The van der Waals surface area contributed by atoms with E-state index in [4.69, 9.17) is 0 Å². The third-order valence-corrected chi connectivity index (χ3v) is 1.97. The Hall–Kier alpha value is -0.330. The van der Waals surface area contributed by atoms with Crippen LogP contribution in [0.1, 0.15) is 46.0 Å². The van der Waals surface area contributed by atoms with Gasteiger partial charge < -0.3 is 4.79 Å². The van der Waals surface area contributed by atoms with E-state index in [2.05, 4.69) is 13.8 Å².